The Morgan fingerprint density at radius 2 is 1.80 bits per heavy atom. The zero-order valence-electron chi connectivity index (χ0n) is 12.4. The van der Waals surface area contributed by atoms with E-state index in [1.807, 2.05) is 16.8 Å². The summed E-state index contributed by atoms with van der Waals surface area (Å²) in [6, 6.07) is 0.0759. The highest BCUT2D eigenvalue weighted by Crippen LogP contribution is 2.26. The number of nitrogens with zero attached hydrogens (tertiary/aromatic N) is 2. The number of hydrogen-bond donors (Lipinski definition) is 1. The molecule has 1 N–H and O–H groups in total. The number of amides is 2. The second-order valence-corrected chi connectivity index (χ2v) is 6.37. The highest BCUT2D eigenvalue weighted by molar-refractivity contribution is 5.74. The zero-order chi connectivity index (χ0) is 14.5. The molecule has 1 heterocycles. The van der Waals surface area contributed by atoms with Gasteiger partial charge in [-0.15, -0.1) is 0 Å². The number of carbonyl (C=O) groups excluding carboxylic acids is 1. The predicted octanol–water partition coefficient (Wildman–Crippen LogP) is 2.42. The van der Waals surface area contributed by atoms with Gasteiger partial charge in [-0.3, -0.25) is 4.79 Å². The van der Waals surface area contributed by atoms with Crippen molar-refractivity contribution in [1.82, 2.24) is 9.80 Å². The number of carboxylic acids is 1. The van der Waals surface area contributed by atoms with E-state index in [0.29, 0.717) is 12.5 Å². The molecule has 1 aliphatic heterocycles. The number of hydrogen-bond acceptors (Lipinski definition) is 2. The summed E-state index contributed by atoms with van der Waals surface area (Å²) in [5, 5.41) is 8.88. The number of rotatable bonds is 4. The van der Waals surface area contributed by atoms with Crippen LogP contribution in [0.1, 0.15) is 44.9 Å². The van der Waals surface area contributed by atoms with Gasteiger partial charge in [-0.25, -0.2) is 4.79 Å². The summed E-state index contributed by atoms with van der Waals surface area (Å²) in [6.45, 7) is 2.21. The highest BCUT2D eigenvalue weighted by atomic mass is 16.4. The quantitative estimate of drug-likeness (QED) is 0.861. The van der Waals surface area contributed by atoms with Gasteiger partial charge in [0.25, 0.3) is 0 Å². The second-order valence-electron chi connectivity index (χ2n) is 6.37. The van der Waals surface area contributed by atoms with Crippen LogP contribution in [0.5, 0.6) is 0 Å². The maximum atomic E-state index is 12.4. The number of carbonyl (C=O) groups is 2. The van der Waals surface area contributed by atoms with Crippen LogP contribution in [0.3, 0.4) is 0 Å². The summed E-state index contributed by atoms with van der Waals surface area (Å²) >= 11 is 0. The molecule has 0 aromatic carbocycles. The summed E-state index contributed by atoms with van der Waals surface area (Å²) in [5.74, 6) is 0.0113. The van der Waals surface area contributed by atoms with E-state index >= 15 is 0 Å². The molecule has 2 aliphatic rings. The minimum absolute atomic E-state index is 0.0759. The fourth-order valence-electron chi connectivity index (χ4n) is 3.55. The van der Waals surface area contributed by atoms with E-state index in [0.717, 1.165) is 25.9 Å². The Morgan fingerprint density at radius 3 is 2.45 bits per heavy atom. The van der Waals surface area contributed by atoms with E-state index in [9.17, 15) is 9.59 Å². The summed E-state index contributed by atoms with van der Waals surface area (Å²) in [6.07, 6.45) is 7.06. The standard InChI is InChI=1S/C15H26N2O3/c1-16(10-12-5-2-3-6-12)15(20)17-8-4-7-13(11-17)9-14(18)19/h12-13H,2-11H2,1H3,(H,18,19). The number of carboxylic acid groups (broad SMARTS) is 1. The van der Waals surface area contributed by atoms with Crippen LogP contribution in [0.25, 0.3) is 0 Å². The van der Waals surface area contributed by atoms with Gasteiger partial charge < -0.3 is 14.9 Å². The molecule has 0 spiro atoms. The summed E-state index contributed by atoms with van der Waals surface area (Å²) < 4.78 is 0. The smallest absolute Gasteiger partial charge is 0.319 e. The Balaban J connectivity index is 1.82. The van der Waals surface area contributed by atoms with Gasteiger partial charge in [0.1, 0.15) is 0 Å². The maximum absolute atomic E-state index is 12.4. The monoisotopic (exact) mass is 282 g/mol. The molecule has 5 heteroatoms. The minimum atomic E-state index is -0.761. The first-order valence-corrected chi connectivity index (χ1v) is 7.78. The maximum Gasteiger partial charge on any atom is 0.319 e. The summed E-state index contributed by atoms with van der Waals surface area (Å²) in [4.78, 5) is 26.9. The largest absolute Gasteiger partial charge is 0.481 e. The third-order valence-corrected chi connectivity index (χ3v) is 4.59. The molecule has 2 rings (SSSR count). The third-order valence-electron chi connectivity index (χ3n) is 4.59. The van der Waals surface area contributed by atoms with Gasteiger partial charge in [-0.2, -0.15) is 0 Å². The highest BCUT2D eigenvalue weighted by Gasteiger charge is 2.28. The number of aliphatic carboxylic acids is 1. The van der Waals surface area contributed by atoms with Crippen LogP contribution in [-0.4, -0.2) is 53.6 Å². The first-order valence-electron chi connectivity index (χ1n) is 7.78. The Morgan fingerprint density at radius 1 is 1.15 bits per heavy atom. The van der Waals surface area contributed by atoms with Crippen molar-refractivity contribution in [3.8, 4) is 0 Å². The Bertz CT molecular complexity index is 353. The van der Waals surface area contributed by atoms with Crippen molar-refractivity contribution in [3.05, 3.63) is 0 Å². The third kappa shape index (κ3) is 4.12. The van der Waals surface area contributed by atoms with E-state index in [1.165, 1.54) is 25.7 Å². The van der Waals surface area contributed by atoms with Crippen molar-refractivity contribution < 1.29 is 14.7 Å². The van der Waals surface area contributed by atoms with Crippen LogP contribution in [-0.2, 0) is 4.79 Å². The minimum Gasteiger partial charge on any atom is -0.481 e. The van der Waals surface area contributed by atoms with Crippen LogP contribution in [0, 0.1) is 11.8 Å². The molecular formula is C15H26N2O3. The molecule has 2 fully saturated rings. The summed E-state index contributed by atoms with van der Waals surface area (Å²) in [7, 11) is 1.88. The lowest BCUT2D eigenvalue weighted by Crippen LogP contribution is -2.47. The van der Waals surface area contributed by atoms with Crippen molar-refractivity contribution >= 4 is 12.0 Å². The number of likely N-dealkylation sites (tertiary alicyclic amines) is 1. The van der Waals surface area contributed by atoms with Gasteiger partial charge in [-0.1, -0.05) is 12.8 Å². The van der Waals surface area contributed by atoms with E-state index in [-0.39, 0.29) is 18.4 Å². The van der Waals surface area contributed by atoms with Crippen molar-refractivity contribution in [2.45, 2.75) is 44.9 Å². The Kier molecular flexibility index (Phi) is 5.26. The summed E-state index contributed by atoms with van der Waals surface area (Å²) in [5.41, 5.74) is 0. The van der Waals surface area contributed by atoms with Gasteiger partial charge >= 0.3 is 12.0 Å². The van der Waals surface area contributed by atoms with Crippen LogP contribution in [0.4, 0.5) is 4.79 Å². The molecule has 0 aromatic rings. The second kappa shape index (κ2) is 6.95. The molecule has 0 bridgehead atoms. The molecule has 1 saturated heterocycles. The first-order chi connectivity index (χ1) is 9.56. The molecule has 1 aliphatic carbocycles. The van der Waals surface area contributed by atoms with Crippen LogP contribution >= 0.6 is 0 Å². The molecule has 1 saturated carbocycles. The fraction of sp³-hybridized carbons (Fsp3) is 0.867. The van der Waals surface area contributed by atoms with E-state index in [4.69, 9.17) is 5.11 Å². The van der Waals surface area contributed by atoms with E-state index < -0.39 is 5.97 Å². The molecule has 20 heavy (non-hydrogen) atoms. The van der Waals surface area contributed by atoms with Crippen molar-refractivity contribution in [2.24, 2.45) is 11.8 Å². The van der Waals surface area contributed by atoms with Gasteiger partial charge in [0.05, 0.1) is 0 Å². The number of urea groups is 1. The van der Waals surface area contributed by atoms with Crippen LogP contribution in [0.15, 0.2) is 0 Å². The molecule has 0 radical (unpaired) electrons. The van der Waals surface area contributed by atoms with Crippen LogP contribution in [0.2, 0.25) is 0 Å². The lowest BCUT2D eigenvalue weighted by atomic mass is 9.95. The SMILES string of the molecule is CN(CC1CCCC1)C(=O)N1CCCC(CC(=O)O)C1. The van der Waals surface area contributed by atoms with Crippen molar-refractivity contribution in [2.75, 3.05) is 26.7 Å². The Labute approximate surface area is 120 Å². The first kappa shape index (κ1) is 15.1. The topological polar surface area (TPSA) is 60.9 Å². The average molecular weight is 282 g/mol. The molecular weight excluding hydrogens is 256 g/mol. The fourth-order valence-corrected chi connectivity index (χ4v) is 3.55. The van der Waals surface area contributed by atoms with E-state index in [2.05, 4.69) is 0 Å². The normalized spacial score (nSPS) is 23.9. The van der Waals surface area contributed by atoms with E-state index in [1.54, 1.807) is 0 Å². The molecule has 0 aromatic heterocycles. The average Bonchev–Trinajstić information content (AvgIpc) is 2.90. The molecule has 2 amide bonds. The number of piperidine rings is 1. The lowest BCUT2D eigenvalue weighted by Gasteiger charge is -2.35. The molecule has 5 nitrogen and oxygen atoms in total. The van der Waals surface area contributed by atoms with Crippen molar-refractivity contribution in [1.29, 1.82) is 0 Å². The lowest BCUT2D eigenvalue weighted by molar-refractivity contribution is -0.138. The molecule has 1 unspecified atom stereocenters. The Hall–Kier alpha value is -1.26. The van der Waals surface area contributed by atoms with Crippen molar-refractivity contribution in [3.63, 3.8) is 0 Å². The predicted molar refractivity (Wildman–Crippen MR) is 76.5 cm³/mol. The van der Waals surface area contributed by atoms with Crippen LogP contribution < -0.4 is 0 Å². The van der Waals surface area contributed by atoms with Gasteiger partial charge in [0, 0.05) is 33.1 Å². The molecule has 114 valence electrons. The van der Waals surface area contributed by atoms with Gasteiger partial charge in [0.2, 0.25) is 0 Å². The molecule has 1 atom stereocenters. The van der Waals surface area contributed by atoms with Gasteiger partial charge in [-0.05, 0) is 37.5 Å². The zero-order valence-corrected chi connectivity index (χ0v) is 12.4. The van der Waals surface area contributed by atoms with Gasteiger partial charge in [0.15, 0.2) is 0 Å².